The van der Waals surface area contributed by atoms with E-state index in [1.165, 1.54) is 43.4 Å². The van der Waals surface area contributed by atoms with Crippen LogP contribution in [0, 0.1) is 11.8 Å². The third-order valence-electron chi connectivity index (χ3n) is 8.13. The van der Waals surface area contributed by atoms with E-state index in [1.807, 2.05) is 12.1 Å². The summed E-state index contributed by atoms with van der Waals surface area (Å²) in [7, 11) is 1.73. The summed E-state index contributed by atoms with van der Waals surface area (Å²) in [5.74, 6) is 1.48. The molecular formula is C27H40ClN5O2. The second kappa shape index (κ2) is 11.6. The molecule has 3 amide bonds. The maximum atomic E-state index is 13.3. The van der Waals surface area contributed by atoms with Crippen LogP contribution in [-0.2, 0) is 4.79 Å². The predicted molar refractivity (Wildman–Crippen MR) is 142 cm³/mol. The molecule has 0 unspecified atom stereocenters. The SMILES string of the molecule is CN1C(=O)[C@@](CCCC2CCCCC2)(C[C@H]2CCC[C@@H](NC(=O)Nc3cccc(Cl)c3)C2)N=C1N. The Labute approximate surface area is 214 Å². The fourth-order valence-electron chi connectivity index (χ4n) is 6.32. The molecule has 4 rings (SSSR count). The zero-order valence-corrected chi connectivity index (χ0v) is 21.7. The number of hydrogen-bond donors (Lipinski definition) is 3. The molecule has 1 aliphatic heterocycles. The fourth-order valence-corrected chi connectivity index (χ4v) is 6.51. The molecule has 2 saturated carbocycles. The van der Waals surface area contributed by atoms with Crippen LogP contribution in [0.3, 0.4) is 0 Å². The molecule has 2 aliphatic carbocycles. The Morgan fingerprint density at radius 1 is 1.17 bits per heavy atom. The van der Waals surface area contributed by atoms with Crippen molar-refractivity contribution in [3.63, 3.8) is 0 Å². The number of halogens is 1. The van der Waals surface area contributed by atoms with Gasteiger partial charge in [-0.05, 0) is 55.7 Å². The van der Waals surface area contributed by atoms with Crippen LogP contribution in [0.2, 0.25) is 5.02 Å². The van der Waals surface area contributed by atoms with E-state index in [1.54, 1.807) is 19.2 Å². The van der Waals surface area contributed by atoms with Crippen molar-refractivity contribution in [1.82, 2.24) is 10.2 Å². The normalized spacial score (nSPS) is 27.5. The average Bonchev–Trinajstić information content (AvgIpc) is 3.03. The molecule has 0 saturated heterocycles. The van der Waals surface area contributed by atoms with Gasteiger partial charge in [0.2, 0.25) is 0 Å². The van der Waals surface area contributed by atoms with E-state index in [2.05, 4.69) is 10.6 Å². The number of anilines is 1. The Hall–Kier alpha value is -2.28. The Bertz CT molecular complexity index is 932. The number of urea groups is 1. The Morgan fingerprint density at radius 2 is 1.94 bits per heavy atom. The first-order chi connectivity index (χ1) is 16.8. The van der Waals surface area contributed by atoms with Gasteiger partial charge in [0, 0.05) is 23.8 Å². The topological polar surface area (TPSA) is 99.8 Å². The summed E-state index contributed by atoms with van der Waals surface area (Å²) < 4.78 is 0. The van der Waals surface area contributed by atoms with Crippen molar-refractivity contribution < 1.29 is 9.59 Å². The molecule has 7 nitrogen and oxygen atoms in total. The quantitative estimate of drug-likeness (QED) is 0.426. The minimum atomic E-state index is -0.747. The summed E-state index contributed by atoms with van der Waals surface area (Å²) in [6.07, 6.45) is 14.2. The number of rotatable bonds is 8. The minimum Gasteiger partial charge on any atom is -0.369 e. The smallest absolute Gasteiger partial charge is 0.319 e. The zero-order chi connectivity index (χ0) is 24.8. The lowest BCUT2D eigenvalue weighted by Crippen LogP contribution is -2.45. The average molecular weight is 502 g/mol. The van der Waals surface area contributed by atoms with Gasteiger partial charge in [0.05, 0.1) is 0 Å². The maximum Gasteiger partial charge on any atom is 0.319 e. The first-order valence-electron chi connectivity index (χ1n) is 13.3. The van der Waals surface area contributed by atoms with Crippen LogP contribution in [0.5, 0.6) is 0 Å². The van der Waals surface area contributed by atoms with Gasteiger partial charge in [-0.1, -0.05) is 75.5 Å². The number of nitrogens with one attached hydrogen (secondary N) is 2. The molecule has 3 aliphatic rings. The van der Waals surface area contributed by atoms with Crippen LogP contribution in [0.1, 0.15) is 83.5 Å². The summed E-state index contributed by atoms with van der Waals surface area (Å²) in [5, 5.41) is 6.57. The lowest BCUT2D eigenvalue weighted by molar-refractivity contribution is -0.131. The van der Waals surface area contributed by atoms with Crippen LogP contribution in [0.25, 0.3) is 0 Å². The monoisotopic (exact) mass is 501 g/mol. The number of nitrogens with two attached hydrogens (primary N) is 1. The van der Waals surface area contributed by atoms with E-state index in [4.69, 9.17) is 22.3 Å². The van der Waals surface area contributed by atoms with Gasteiger partial charge >= 0.3 is 6.03 Å². The number of guanidine groups is 1. The van der Waals surface area contributed by atoms with Gasteiger partial charge in [0.1, 0.15) is 5.54 Å². The van der Waals surface area contributed by atoms with Crippen LogP contribution in [-0.4, -0.2) is 41.4 Å². The first-order valence-corrected chi connectivity index (χ1v) is 13.7. The molecule has 0 radical (unpaired) electrons. The van der Waals surface area contributed by atoms with Crippen molar-refractivity contribution in [3.8, 4) is 0 Å². The lowest BCUT2D eigenvalue weighted by Gasteiger charge is -2.35. The van der Waals surface area contributed by atoms with Crippen LogP contribution in [0.15, 0.2) is 29.3 Å². The third kappa shape index (κ3) is 6.69. The molecule has 1 aromatic rings. The van der Waals surface area contributed by atoms with Crippen LogP contribution in [0.4, 0.5) is 10.5 Å². The van der Waals surface area contributed by atoms with Crippen molar-refractivity contribution in [1.29, 1.82) is 0 Å². The highest BCUT2D eigenvalue weighted by Gasteiger charge is 2.47. The number of likely N-dealkylation sites (N-methyl/N-ethyl adjacent to an activating group) is 1. The molecule has 3 atom stereocenters. The van der Waals surface area contributed by atoms with E-state index < -0.39 is 5.54 Å². The van der Waals surface area contributed by atoms with Gasteiger partial charge in [-0.3, -0.25) is 9.69 Å². The second-order valence-electron chi connectivity index (χ2n) is 10.8. The van der Waals surface area contributed by atoms with Gasteiger partial charge < -0.3 is 16.4 Å². The number of hydrogen-bond acceptors (Lipinski definition) is 4. The lowest BCUT2D eigenvalue weighted by atomic mass is 9.75. The number of amides is 3. The van der Waals surface area contributed by atoms with Crippen molar-refractivity contribution in [3.05, 3.63) is 29.3 Å². The number of benzene rings is 1. The molecule has 0 aromatic heterocycles. The predicted octanol–water partition coefficient (Wildman–Crippen LogP) is 5.69. The van der Waals surface area contributed by atoms with E-state index in [0.29, 0.717) is 29.0 Å². The van der Waals surface area contributed by atoms with Gasteiger partial charge in [0.25, 0.3) is 5.91 Å². The Morgan fingerprint density at radius 3 is 2.66 bits per heavy atom. The highest BCUT2D eigenvalue weighted by atomic mass is 35.5. The molecule has 192 valence electrons. The zero-order valence-electron chi connectivity index (χ0n) is 20.9. The van der Waals surface area contributed by atoms with E-state index in [9.17, 15) is 9.59 Å². The maximum absolute atomic E-state index is 13.3. The summed E-state index contributed by atoms with van der Waals surface area (Å²) in [6, 6.07) is 6.98. The van der Waals surface area contributed by atoms with Crippen molar-refractivity contribution in [2.75, 3.05) is 12.4 Å². The molecule has 8 heteroatoms. The summed E-state index contributed by atoms with van der Waals surface area (Å²) in [4.78, 5) is 32.2. The second-order valence-corrected chi connectivity index (χ2v) is 11.2. The van der Waals surface area contributed by atoms with E-state index in [-0.39, 0.29) is 18.0 Å². The van der Waals surface area contributed by atoms with Gasteiger partial charge in [0.15, 0.2) is 5.96 Å². The first kappa shape index (κ1) is 25.8. The Balaban J connectivity index is 1.34. The number of nitrogens with zero attached hydrogens (tertiary/aromatic N) is 2. The molecule has 1 heterocycles. The number of aliphatic imine (C=N–C) groups is 1. The third-order valence-corrected chi connectivity index (χ3v) is 8.36. The van der Waals surface area contributed by atoms with Gasteiger partial charge in [-0.25, -0.2) is 9.79 Å². The number of carbonyl (C=O) groups excluding carboxylic acids is 2. The van der Waals surface area contributed by atoms with Gasteiger partial charge in [-0.15, -0.1) is 0 Å². The van der Waals surface area contributed by atoms with Gasteiger partial charge in [-0.2, -0.15) is 0 Å². The fraction of sp³-hybridized carbons (Fsp3) is 0.667. The molecule has 35 heavy (non-hydrogen) atoms. The molecule has 1 aromatic carbocycles. The largest absolute Gasteiger partial charge is 0.369 e. The highest BCUT2D eigenvalue weighted by molar-refractivity contribution is 6.30. The molecule has 0 spiro atoms. The summed E-state index contributed by atoms with van der Waals surface area (Å²) in [5.41, 5.74) is 6.04. The minimum absolute atomic E-state index is 0.0347. The molecule has 2 fully saturated rings. The van der Waals surface area contributed by atoms with E-state index in [0.717, 1.165) is 44.4 Å². The summed E-state index contributed by atoms with van der Waals surface area (Å²) in [6.45, 7) is 0. The summed E-state index contributed by atoms with van der Waals surface area (Å²) >= 11 is 6.02. The van der Waals surface area contributed by atoms with Crippen molar-refractivity contribution in [2.45, 2.75) is 95.1 Å². The molecule has 0 bridgehead atoms. The van der Waals surface area contributed by atoms with Crippen molar-refractivity contribution in [2.24, 2.45) is 22.6 Å². The van der Waals surface area contributed by atoms with E-state index >= 15 is 0 Å². The molecular weight excluding hydrogens is 462 g/mol. The Kier molecular flexibility index (Phi) is 8.58. The number of carbonyl (C=O) groups is 2. The van der Waals surface area contributed by atoms with Crippen LogP contribution < -0.4 is 16.4 Å². The van der Waals surface area contributed by atoms with Crippen molar-refractivity contribution >= 4 is 35.2 Å². The molecule has 4 N–H and O–H groups in total. The highest BCUT2D eigenvalue weighted by Crippen LogP contribution is 2.39. The standard InChI is InChI=1S/C27H40ClN5O2/c1-33-24(34)27(32-25(33)29,15-7-11-19-8-3-2-4-9-19)18-20-10-5-13-22(16-20)30-26(35)31-23-14-6-12-21(28)17-23/h6,12,14,17,19-20,22H,2-5,7-11,13,15-16,18H2,1H3,(H2,29,32)(H2,30,31,35)/t20-,22+,27+/m0/s1. The van der Waals surface area contributed by atoms with Crippen LogP contribution >= 0.6 is 11.6 Å².